The molecule has 0 aliphatic rings. The van der Waals surface area contributed by atoms with E-state index >= 15 is 0 Å². The zero-order valence-corrected chi connectivity index (χ0v) is 16.2. The van der Waals surface area contributed by atoms with Crippen LogP contribution in [0.2, 0.25) is 0 Å². The fraction of sp³-hybridized carbons (Fsp3) is 0.182. The number of amides is 1. The number of ether oxygens (including phenoxy) is 1. The van der Waals surface area contributed by atoms with Gasteiger partial charge in [-0.3, -0.25) is 0 Å². The molecule has 2 heterocycles. The van der Waals surface area contributed by atoms with Crippen LogP contribution in [-0.4, -0.2) is 21.6 Å². The maximum atomic E-state index is 12.3. The second-order valence-corrected chi connectivity index (χ2v) is 7.60. The Hall–Kier alpha value is -3.74. The van der Waals surface area contributed by atoms with Crippen LogP contribution in [-0.2, 0) is 0 Å². The van der Waals surface area contributed by atoms with E-state index in [1.54, 1.807) is 24.3 Å². The molecular formula is C22H19N3O4. The van der Waals surface area contributed by atoms with E-state index in [2.05, 4.69) is 15.3 Å². The van der Waals surface area contributed by atoms with Crippen molar-refractivity contribution in [3.63, 3.8) is 0 Å². The molecule has 2 aromatic carbocycles. The lowest BCUT2D eigenvalue weighted by Crippen LogP contribution is -2.42. The zero-order valence-electron chi connectivity index (χ0n) is 16.2. The first-order chi connectivity index (χ1) is 13.8. The second kappa shape index (κ2) is 7.01. The summed E-state index contributed by atoms with van der Waals surface area (Å²) in [6, 6.07) is 14.2. The van der Waals surface area contributed by atoms with E-state index in [1.807, 2.05) is 45.0 Å². The number of hydrogen-bond acceptors (Lipinski definition) is 6. The fourth-order valence-corrected chi connectivity index (χ4v) is 3.01. The number of nitrogens with zero attached hydrogens (tertiary/aromatic N) is 2. The van der Waals surface area contributed by atoms with Gasteiger partial charge in [0.15, 0.2) is 5.52 Å². The summed E-state index contributed by atoms with van der Waals surface area (Å²) in [7, 11) is 0. The van der Waals surface area contributed by atoms with Crippen LogP contribution in [0.5, 0.6) is 5.75 Å². The zero-order chi connectivity index (χ0) is 20.6. The molecule has 0 spiro atoms. The number of hydrogen-bond donors (Lipinski definition) is 1. The average molecular weight is 389 g/mol. The predicted molar refractivity (Wildman–Crippen MR) is 110 cm³/mol. The van der Waals surface area contributed by atoms with Gasteiger partial charge >= 0.3 is 11.7 Å². The van der Waals surface area contributed by atoms with Crippen molar-refractivity contribution in [2.45, 2.75) is 26.3 Å². The van der Waals surface area contributed by atoms with Gasteiger partial charge in [-0.25, -0.2) is 19.6 Å². The highest BCUT2D eigenvalue weighted by Crippen LogP contribution is 2.34. The van der Waals surface area contributed by atoms with E-state index in [0.29, 0.717) is 22.2 Å². The number of benzene rings is 2. The molecule has 1 N–H and O–H groups in total. The number of fused-ring (bicyclic) bond motifs is 2. The van der Waals surface area contributed by atoms with Gasteiger partial charge < -0.3 is 14.5 Å². The molecule has 0 aliphatic heterocycles. The minimum Gasteiger partial charge on any atom is -0.410 e. The van der Waals surface area contributed by atoms with Crippen LogP contribution in [0.15, 0.2) is 63.9 Å². The topological polar surface area (TPSA) is 94.3 Å². The van der Waals surface area contributed by atoms with Gasteiger partial charge in [0.25, 0.3) is 0 Å². The van der Waals surface area contributed by atoms with E-state index in [4.69, 9.17) is 9.15 Å². The van der Waals surface area contributed by atoms with Crippen molar-refractivity contribution in [2.75, 3.05) is 0 Å². The van der Waals surface area contributed by atoms with E-state index in [0.717, 1.165) is 5.39 Å². The molecule has 4 rings (SSSR count). The van der Waals surface area contributed by atoms with Gasteiger partial charge in [-0.1, -0.05) is 24.3 Å². The molecule has 7 heteroatoms. The third-order valence-electron chi connectivity index (χ3n) is 4.19. The lowest BCUT2D eigenvalue weighted by Gasteiger charge is -2.20. The van der Waals surface area contributed by atoms with Gasteiger partial charge in [0.1, 0.15) is 11.3 Å². The van der Waals surface area contributed by atoms with Crippen molar-refractivity contribution in [1.82, 2.24) is 15.3 Å². The Labute approximate surface area is 166 Å². The first-order valence-electron chi connectivity index (χ1n) is 9.10. The number of aromatic nitrogens is 2. The summed E-state index contributed by atoms with van der Waals surface area (Å²) in [5.74, 6) is 0.577. The maximum Gasteiger partial charge on any atom is 0.413 e. The second-order valence-electron chi connectivity index (χ2n) is 7.60. The number of pyridine rings is 1. The Morgan fingerprint density at radius 3 is 2.55 bits per heavy atom. The van der Waals surface area contributed by atoms with Crippen LogP contribution in [0, 0.1) is 0 Å². The van der Waals surface area contributed by atoms with Crippen LogP contribution in [0.3, 0.4) is 0 Å². The Kier molecular flexibility index (Phi) is 4.50. The molecule has 2 aromatic heterocycles. The summed E-state index contributed by atoms with van der Waals surface area (Å²) in [5, 5.41) is 4.21. The molecule has 0 saturated carbocycles. The van der Waals surface area contributed by atoms with Gasteiger partial charge in [0, 0.05) is 22.7 Å². The third-order valence-corrected chi connectivity index (χ3v) is 4.19. The number of rotatable bonds is 2. The molecule has 0 saturated heterocycles. The Balaban J connectivity index is 1.82. The van der Waals surface area contributed by atoms with Crippen molar-refractivity contribution in [2.24, 2.45) is 0 Å². The van der Waals surface area contributed by atoms with Crippen molar-refractivity contribution >= 4 is 27.9 Å². The van der Waals surface area contributed by atoms with E-state index < -0.39 is 17.3 Å². The molecule has 0 radical (unpaired) electrons. The SMILES string of the molecule is CC(C)(C)NC(=O)Oc1ccc(-c2nc3cccnc3c(=O)o2)c2ccccc12. The molecule has 4 aromatic rings. The van der Waals surface area contributed by atoms with Gasteiger partial charge in [-0.15, -0.1) is 0 Å². The van der Waals surface area contributed by atoms with Crippen molar-refractivity contribution in [3.8, 4) is 17.2 Å². The largest absolute Gasteiger partial charge is 0.413 e. The third kappa shape index (κ3) is 3.80. The summed E-state index contributed by atoms with van der Waals surface area (Å²) in [6.45, 7) is 5.62. The summed E-state index contributed by atoms with van der Waals surface area (Å²) < 4.78 is 10.9. The van der Waals surface area contributed by atoms with Crippen LogP contribution >= 0.6 is 0 Å². The standard InChI is InChI=1S/C22H19N3O4/c1-22(2,3)25-21(27)28-17-11-10-15(13-7-4-5-8-14(13)17)19-24-16-9-6-12-23-18(16)20(26)29-19/h4-12H,1-3H3,(H,25,27). The average Bonchev–Trinajstić information content (AvgIpc) is 2.67. The van der Waals surface area contributed by atoms with E-state index in [-0.39, 0.29) is 11.4 Å². The smallest absolute Gasteiger partial charge is 0.410 e. The van der Waals surface area contributed by atoms with E-state index in [9.17, 15) is 9.59 Å². The normalized spacial score (nSPS) is 11.6. The molecule has 0 bridgehead atoms. The lowest BCUT2D eigenvalue weighted by atomic mass is 10.0. The van der Waals surface area contributed by atoms with E-state index in [1.165, 1.54) is 6.20 Å². The summed E-state index contributed by atoms with van der Waals surface area (Å²) in [6.07, 6.45) is 0.974. The summed E-state index contributed by atoms with van der Waals surface area (Å²) >= 11 is 0. The molecule has 0 atom stereocenters. The molecular weight excluding hydrogens is 370 g/mol. The van der Waals surface area contributed by atoms with Crippen LogP contribution in [0.4, 0.5) is 4.79 Å². The molecule has 146 valence electrons. The number of carbonyl (C=O) groups excluding carboxylic acids is 1. The highest BCUT2D eigenvalue weighted by Gasteiger charge is 2.18. The highest BCUT2D eigenvalue weighted by molar-refractivity contribution is 5.99. The van der Waals surface area contributed by atoms with Gasteiger partial charge in [-0.05, 0) is 50.4 Å². The molecule has 1 amide bonds. The van der Waals surface area contributed by atoms with Crippen LogP contribution in [0.25, 0.3) is 33.3 Å². The monoisotopic (exact) mass is 389 g/mol. The lowest BCUT2D eigenvalue weighted by molar-refractivity contribution is 0.191. The Bertz CT molecular complexity index is 1290. The number of carbonyl (C=O) groups is 1. The maximum absolute atomic E-state index is 12.3. The van der Waals surface area contributed by atoms with Crippen molar-refractivity contribution in [1.29, 1.82) is 0 Å². The van der Waals surface area contributed by atoms with Gasteiger partial charge in [0.2, 0.25) is 5.89 Å². The molecule has 29 heavy (non-hydrogen) atoms. The molecule has 0 fully saturated rings. The summed E-state index contributed by atoms with van der Waals surface area (Å²) in [5.41, 5.74) is 0.276. The van der Waals surface area contributed by atoms with Crippen molar-refractivity contribution < 1.29 is 13.9 Å². The first-order valence-corrected chi connectivity index (χ1v) is 9.10. The van der Waals surface area contributed by atoms with Gasteiger partial charge in [0.05, 0.1) is 0 Å². The van der Waals surface area contributed by atoms with Crippen LogP contribution in [0.1, 0.15) is 20.8 Å². The predicted octanol–water partition coefficient (Wildman–Crippen LogP) is 4.29. The minimum atomic E-state index is -0.556. The quantitative estimate of drug-likeness (QED) is 0.550. The van der Waals surface area contributed by atoms with Crippen LogP contribution < -0.4 is 15.7 Å². The molecule has 0 unspecified atom stereocenters. The Morgan fingerprint density at radius 2 is 1.79 bits per heavy atom. The van der Waals surface area contributed by atoms with Crippen molar-refractivity contribution in [3.05, 3.63) is 65.1 Å². The fourth-order valence-electron chi connectivity index (χ4n) is 3.01. The summed E-state index contributed by atoms with van der Waals surface area (Å²) in [4.78, 5) is 33.0. The first kappa shape index (κ1) is 18.6. The minimum absolute atomic E-state index is 0.178. The van der Waals surface area contributed by atoms with Gasteiger partial charge in [-0.2, -0.15) is 0 Å². The molecule has 0 aliphatic carbocycles. The molecule has 7 nitrogen and oxygen atoms in total. The number of nitrogens with one attached hydrogen (secondary N) is 1. The Morgan fingerprint density at radius 1 is 1.03 bits per heavy atom. The highest BCUT2D eigenvalue weighted by atomic mass is 16.6.